The molecule has 3 atom stereocenters. The van der Waals surface area contributed by atoms with Gasteiger partial charge in [-0.1, -0.05) is 13.0 Å². The van der Waals surface area contributed by atoms with Crippen molar-refractivity contribution < 1.29 is 9.53 Å². The minimum Gasteiger partial charge on any atom is -0.379 e. The van der Waals surface area contributed by atoms with E-state index in [2.05, 4.69) is 15.6 Å². The molecule has 1 aliphatic rings. The molecule has 0 bridgehead atoms. The van der Waals surface area contributed by atoms with Crippen LogP contribution in [0.1, 0.15) is 19.8 Å². The number of ether oxygens (including phenoxy) is 1. The minimum absolute atomic E-state index is 0.0196. The fraction of sp³-hybridized carbons (Fsp3) is 0.444. The monoisotopic (exact) mass is 313 g/mol. The first-order chi connectivity index (χ1) is 11.2. The topological polar surface area (TPSA) is 63.2 Å². The number of carbonyl (C=O) groups excluding carboxylic acids is 1. The van der Waals surface area contributed by atoms with Crippen molar-refractivity contribution in [1.29, 1.82) is 0 Å². The Kier molecular flexibility index (Phi) is 4.88. The first-order valence-electron chi connectivity index (χ1n) is 8.11. The maximum absolute atomic E-state index is 12.6. The maximum atomic E-state index is 12.6. The number of nitrogens with one attached hydrogen (secondary N) is 2. The van der Waals surface area contributed by atoms with Crippen LogP contribution in [0, 0.1) is 5.92 Å². The highest BCUT2D eigenvalue weighted by atomic mass is 16.5. The molecule has 1 aromatic heterocycles. The standard InChI is InChI=1S/C18H23N3O2/c1-12(17(23-2)16-6-4-10-20-16)18(22)21-14-7-8-15-13(11-14)5-3-9-19-15/h3,5,7-9,11-12,16-17,20H,4,6,10H2,1-2H3,(H,21,22)/t12-,16?,17-/m1/s1. The van der Waals surface area contributed by atoms with E-state index < -0.39 is 0 Å². The van der Waals surface area contributed by atoms with Crippen molar-refractivity contribution in [2.75, 3.05) is 19.0 Å². The Morgan fingerprint density at radius 1 is 1.43 bits per heavy atom. The van der Waals surface area contributed by atoms with Gasteiger partial charge < -0.3 is 15.4 Å². The summed E-state index contributed by atoms with van der Waals surface area (Å²) in [5.41, 5.74) is 1.71. The molecule has 3 rings (SSSR count). The molecule has 5 nitrogen and oxygen atoms in total. The smallest absolute Gasteiger partial charge is 0.229 e. The Balaban J connectivity index is 1.71. The average molecular weight is 313 g/mol. The van der Waals surface area contributed by atoms with Crippen molar-refractivity contribution in [2.45, 2.75) is 31.9 Å². The summed E-state index contributed by atoms with van der Waals surface area (Å²) in [6, 6.07) is 9.88. The summed E-state index contributed by atoms with van der Waals surface area (Å²) in [5.74, 6) is -0.242. The van der Waals surface area contributed by atoms with E-state index >= 15 is 0 Å². The number of hydrogen-bond donors (Lipinski definition) is 2. The van der Waals surface area contributed by atoms with Crippen LogP contribution in [0.4, 0.5) is 5.69 Å². The quantitative estimate of drug-likeness (QED) is 0.890. The molecule has 122 valence electrons. The van der Waals surface area contributed by atoms with Gasteiger partial charge >= 0.3 is 0 Å². The summed E-state index contributed by atoms with van der Waals surface area (Å²) >= 11 is 0. The average Bonchev–Trinajstić information content (AvgIpc) is 3.09. The summed E-state index contributed by atoms with van der Waals surface area (Å²) in [6.45, 7) is 2.92. The SMILES string of the molecule is CO[C@@H](C1CCCN1)[C@@H](C)C(=O)Nc1ccc2ncccc2c1. The Morgan fingerprint density at radius 2 is 2.30 bits per heavy atom. The maximum Gasteiger partial charge on any atom is 0.229 e. The van der Waals surface area contributed by atoms with Crippen LogP contribution in [0.25, 0.3) is 10.9 Å². The van der Waals surface area contributed by atoms with Crippen LogP contribution in [-0.4, -0.2) is 36.7 Å². The third kappa shape index (κ3) is 3.51. The second kappa shape index (κ2) is 7.06. The van der Waals surface area contributed by atoms with Gasteiger partial charge in [-0.15, -0.1) is 0 Å². The van der Waals surface area contributed by atoms with Gasteiger partial charge in [-0.2, -0.15) is 0 Å². The molecule has 0 aliphatic carbocycles. The molecule has 23 heavy (non-hydrogen) atoms. The minimum atomic E-state index is -0.222. The molecule has 1 fully saturated rings. The highest BCUT2D eigenvalue weighted by Gasteiger charge is 2.32. The van der Waals surface area contributed by atoms with E-state index in [1.54, 1.807) is 13.3 Å². The zero-order valence-corrected chi connectivity index (χ0v) is 13.6. The molecule has 1 aromatic carbocycles. The van der Waals surface area contributed by atoms with E-state index in [1.165, 1.54) is 0 Å². The van der Waals surface area contributed by atoms with Gasteiger partial charge in [-0.05, 0) is 43.7 Å². The zero-order valence-electron chi connectivity index (χ0n) is 13.6. The number of pyridine rings is 1. The highest BCUT2D eigenvalue weighted by Crippen LogP contribution is 2.22. The molecule has 1 aliphatic heterocycles. The first-order valence-corrected chi connectivity index (χ1v) is 8.11. The van der Waals surface area contributed by atoms with Gasteiger partial charge in [0.15, 0.2) is 0 Å². The van der Waals surface area contributed by atoms with Crippen molar-refractivity contribution in [2.24, 2.45) is 5.92 Å². The number of benzene rings is 1. The van der Waals surface area contributed by atoms with E-state index in [1.807, 2.05) is 37.3 Å². The lowest BCUT2D eigenvalue weighted by molar-refractivity contribution is -0.124. The Bertz CT molecular complexity index is 683. The molecule has 0 radical (unpaired) electrons. The van der Waals surface area contributed by atoms with Gasteiger partial charge in [-0.25, -0.2) is 0 Å². The van der Waals surface area contributed by atoms with Crippen LogP contribution in [0.15, 0.2) is 36.5 Å². The van der Waals surface area contributed by atoms with Crippen LogP contribution >= 0.6 is 0 Å². The largest absolute Gasteiger partial charge is 0.379 e. The first kappa shape index (κ1) is 15.9. The van der Waals surface area contributed by atoms with Crippen LogP contribution in [-0.2, 0) is 9.53 Å². The molecular weight excluding hydrogens is 290 g/mol. The van der Waals surface area contributed by atoms with Crippen molar-refractivity contribution in [1.82, 2.24) is 10.3 Å². The van der Waals surface area contributed by atoms with E-state index in [4.69, 9.17) is 4.74 Å². The molecule has 0 spiro atoms. The van der Waals surface area contributed by atoms with E-state index in [0.717, 1.165) is 36.0 Å². The predicted octanol–water partition coefficient (Wildman–Crippen LogP) is 2.58. The van der Waals surface area contributed by atoms with E-state index in [0.29, 0.717) is 0 Å². The summed E-state index contributed by atoms with van der Waals surface area (Å²) in [6.07, 6.45) is 3.84. The number of hydrogen-bond acceptors (Lipinski definition) is 4. The van der Waals surface area contributed by atoms with Gasteiger partial charge in [0.25, 0.3) is 0 Å². The lowest BCUT2D eigenvalue weighted by Gasteiger charge is -2.27. The molecule has 1 saturated heterocycles. The number of carbonyl (C=O) groups is 1. The number of amides is 1. The lowest BCUT2D eigenvalue weighted by Crippen LogP contribution is -2.44. The second-order valence-corrected chi connectivity index (χ2v) is 6.09. The molecule has 1 amide bonds. The van der Waals surface area contributed by atoms with E-state index in [-0.39, 0.29) is 24.0 Å². The van der Waals surface area contributed by atoms with Crippen LogP contribution < -0.4 is 10.6 Å². The summed E-state index contributed by atoms with van der Waals surface area (Å²) < 4.78 is 5.59. The number of anilines is 1. The molecule has 2 aromatic rings. The number of rotatable bonds is 5. The number of fused-ring (bicyclic) bond motifs is 1. The Morgan fingerprint density at radius 3 is 3.04 bits per heavy atom. The highest BCUT2D eigenvalue weighted by molar-refractivity contribution is 5.95. The number of aromatic nitrogens is 1. The zero-order chi connectivity index (χ0) is 16.2. The molecule has 2 N–H and O–H groups in total. The summed E-state index contributed by atoms with van der Waals surface area (Å²) in [7, 11) is 1.68. The van der Waals surface area contributed by atoms with Gasteiger partial charge in [0.2, 0.25) is 5.91 Å². The van der Waals surface area contributed by atoms with Gasteiger partial charge in [0.05, 0.1) is 17.5 Å². The summed E-state index contributed by atoms with van der Waals surface area (Å²) in [5, 5.41) is 7.43. The fourth-order valence-electron chi connectivity index (χ4n) is 3.27. The second-order valence-electron chi connectivity index (χ2n) is 6.09. The molecular formula is C18H23N3O2. The molecule has 0 saturated carbocycles. The molecule has 2 heterocycles. The molecule has 1 unspecified atom stereocenters. The predicted molar refractivity (Wildman–Crippen MR) is 91.4 cm³/mol. The van der Waals surface area contributed by atoms with Crippen LogP contribution in [0.2, 0.25) is 0 Å². The van der Waals surface area contributed by atoms with Gasteiger partial charge in [-0.3, -0.25) is 9.78 Å². The van der Waals surface area contributed by atoms with Crippen molar-refractivity contribution >= 4 is 22.5 Å². The Labute approximate surface area is 136 Å². The number of methoxy groups -OCH3 is 1. The Hall–Kier alpha value is -1.98. The summed E-state index contributed by atoms with van der Waals surface area (Å²) in [4.78, 5) is 16.9. The lowest BCUT2D eigenvalue weighted by atomic mass is 9.95. The normalized spacial score (nSPS) is 20.3. The fourth-order valence-corrected chi connectivity index (χ4v) is 3.27. The van der Waals surface area contributed by atoms with Gasteiger partial charge in [0.1, 0.15) is 0 Å². The molecule has 5 heteroatoms. The third-order valence-electron chi connectivity index (χ3n) is 4.54. The number of nitrogens with zero attached hydrogens (tertiary/aromatic N) is 1. The third-order valence-corrected chi connectivity index (χ3v) is 4.54. The van der Waals surface area contributed by atoms with E-state index in [9.17, 15) is 4.79 Å². The van der Waals surface area contributed by atoms with Crippen molar-refractivity contribution in [3.05, 3.63) is 36.5 Å². The van der Waals surface area contributed by atoms with Crippen molar-refractivity contribution in [3.63, 3.8) is 0 Å². The van der Waals surface area contributed by atoms with Gasteiger partial charge in [0, 0.05) is 30.4 Å². The van der Waals surface area contributed by atoms with Crippen molar-refractivity contribution in [3.8, 4) is 0 Å². The van der Waals surface area contributed by atoms with Crippen LogP contribution in [0.5, 0.6) is 0 Å². The van der Waals surface area contributed by atoms with Crippen LogP contribution in [0.3, 0.4) is 0 Å².